The van der Waals surface area contributed by atoms with Crippen molar-refractivity contribution < 1.29 is 24.5 Å². The van der Waals surface area contributed by atoms with Gasteiger partial charge in [0, 0.05) is 29.8 Å². The summed E-state index contributed by atoms with van der Waals surface area (Å²) in [5.41, 5.74) is -0.743. The van der Waals surface area contributed by atoms with Crippen LogP contribution in [0.5, 0.6) is 0 Å². The number of rotatable bonds is 7. The molecule has 23 heavy (non-hydrogen) atoms. The van der Waals surface area contributed by atoms with Gasteiger partial charge < -0.3 is 19.7 Å². The molecule has 0 unspecified atom stereocenters. The van der Waals surface area contributed by atoms with Gasteiger partial charge in [0.05, 0.1) is 31.5 Å². The van der Waals surface area contributed by atoms with Crippen molar-refractivity contribution >= 4 is 5.78 Å². The lowest BCUT2D eigenvalue weighted by Crippen LogP contribution is -2.53. The highest BCUT2D eigenvalue weighted by atomic mass is 16.5. The number of ether oxygens (including phenoxy) is 2. The van der Waals surface area contributed by atoms with Crippen LogP contribution in [0.2, 0.25) is 0 Å². The minimum atomic E-state index is -0.793. The molecule has 5 nitrogen and oxygen atoms in total. The van der Waals surface area contributed by atoms with Gasteiger partial charge in [0.1, 0.15) is 5.78 Å². The predicted molar refractivity (Wildman–Crippen MR) is 87.1 cm³/mol. The zero-order valence-corrected chi connectivity index (χ0v) is 14.9. The maximum absolute atomic E-state index is 11.8. The molecule has 0 aromatic heterocycles. The molecule has 0 radical (unpaired) electrons. The molecule has 0 spiro atoms. The van der Waals surface area contributed by atoms with Crippen LogP contribution in [0, 0.1) is 16.7 Å². The Kier molecular flexibility index (Phi) is 5.88. The summed E-state index contributed by atoms with van der Waals surface area (Å²) in [5, 5.41) is 20.5. The van der Waals surface area contributed by atoms with Crippen LogP contribution in [-0.4, -0.2) is 54.1 Å². The smallest absolute Gasteiger partial charge is 0.138 e. The standard InChI is InChI=1S/C18H32O5/c1-12-13-9-18(11-23-13,16(21)15(12)20)10-22-8-6-5-7-14(19)17(2,3)4/h12-13,15-16,20-21H,5-11H2,1-4H3/t12-,13-,15+,16+,18+/m0/s1. The van der Waals surface area contributed by atoms with Crippen LogP contribution in [-0.2, 0) is 14.3 Å². The van der Waals surface area contributed by atoms with Gasteiger partial charge in [-0.05, 0) is 19.3 Å². The van der Waals surface area contributed by atoms with Gasteiger partial charge in [0.15, 0.2) is 0 Å². The second-order valence-electron chi connectivity index (χ2n) is 8.39. The molecular weight excluding hydrogens is 296 g/mol. The van der Waals surface area contributed by atoms with Crippen molar-refractivity contribution in [3.63, 3.8) is 0 Å². The first-order chi connectivity index (χ1) is 10.7. The molecule has 2 rings (SSSR count). The normalized spacial score (nSPS) is 37.1. The number of unbranched alkanes of at least 4 members (excludes halogenated alkanes) is 1. The SMILES string of the molecule is C[C@@H]1[C@@H](O)[C@@H](O)[C@]2(COCCCCC(=O)C(C)(C)C)CO[C@H]1C2. The van der Waals surface area contributed by atoms with E-state index in [1.165, 1.54) is 0 Å². The molecule has 0 aromatic rings. The van der Waals surface area contributed by atoms with Crippen molar-refractivity contribution in [1.82, 2.24) is 0 Å². The first-order valence-electron chi connectivity index (χ1n) is 8.76. The van der Waals surface area contributed by atoms with E-state index in [0.29, 0.717) is 26.2 Å². The number of ketones is 1. The van der Waals surface area contributed by atoms with Crippen molar-refractivity contribution in [3.05, 3.63) is 0 Å². The zero-order valence-electron chi connectivity index (χ0n) is 14.9. The van der Waals surface area contributed by atoms with Crippen molar-refractivity contribution in [3.8, 4) is 0 Å². The van der Waals surface area contributed by atoms with Crippen LogP contribution in [0.25, 0.3) is 0 Å². The molecule has 1 heterocycles. The Balaban J connectivity index is 1.70. The van der Waals surface area contributed by atoms with E-state index in [0.717, 1.165) is 19.3 Å². The predicted octanol–water partition coefficient (Wildman–Crippen LogP) is 1.94. The average Bonchev–Trinajstić information content (AvgIpc) is 2.89. The number of carbonyl (C=O) groups excluding carboxylic acids is 1. The van der Waals surface area contributed by atoms with E-state index in [4.69, 9.17) is 9.47 Å². The molecule has 0 aromatic carbocycles. The van der Waals surface area contributed by atoms with Gasteiger partial charge in [0.2, 0.25) is 0 Å². The summed E-state index contributed by atoms with van der Waals surface area (Å²) < 4.78 is 11.5. The fourth-order valence-electron chi connectivity index (χ4n) is 3.53. The highest BCUT2D eigenvalue weighted by Gasteiger charge is 2.56. The lowest BCUT2D eigenvalue weighted by Gasteiger charge is -2.41. The van der Waals surface area contributed by atoms with Gasteiger partial charge in [-0.2, -0.15) is 0 Å². The van der Waals surface area contributed by atoms with Gasteiger partial charge in [0.25, 0.3) is 0 Å². The second kappa shape index (κ2) is 7.18. The van der Waals surface area contributed by atoms with Gasteiger partial charge in [-0.1, -0.05) is 27.7 Å². The third-order valence-corrected chi connectivity index (χ3v) is 5.44. The van der Waals surface area contributed by atoms with Crippen molar-refractivity contribution in [2.45, 2.75) is 71.7 Å². The molecule has 5 heteroatoms. The third-order valence-electron chi connectivity index (χ3n) is 5.44. The summed E-state index contributed by atoms with van der Waals surface area (Å²) in [6, 6.07) is 0. The summed E-state index contributed by atoms with van der Waals surface area (Å²) in [6.07, 6.45) is 1.46. The van der Waals surface area contributed by atoms with Crippen LogP contribution in [0.1, 0.15) is 53.4 Å². The maximum atomic E-state index is 11.8. The topological polar surface area (TPSA) is 76.0 Å². The van der Waals surface area contributed by atoms with Crippen LogP contribution < -0.4 is 0 Å². The number of Topliss-reactive ketones (excluding diaryl/α,β-unsaturated/α-hetero) is 1. The largest absolute Gasteiger partial charge is 0.390 e. The molecule has 2 N–H and O–H groups in total. The molecule has 5 atom stereocenters. The van der Waals surface area contributed by atoms with Crippen molar-refractivity contribution in [2.24, 2.45) is 16.7 Å². The Morgan fingerprint density at radius 3 is 2.65 bits per heavy atom. The molecule has 1 aliphatic heterocycles. The minimum absolute atomic E-state index is 0.0152. The fraction of sp³-hybridized carbons (Fsp3) is 0.944. The summed E-state index contributed by atoms with van der Waals surface area (Å²) in [4.78, 5) is 11.8. The molecule has 134 valence electrons. The Hall–Kier alpha value is -0.490. The van der Waals surface area contributed by atoms with Gasteiger partial charge in [-0.15, -0.1) is 0 Å². The molecule has 2 bridgehead atoms. The Morgan fingerprint density at radius 1 is 1.30 bits per heavy atom. The molecule has 0 amide bonds. The second-order valence-corrected chi connectivity index (χ2v) is 8.39. The minimum Gasteiger partial charge on any atom is -0.390 e. The van der Waals surface area contributed by atoms with Gasteiger partial charge >= 0.3 is 0 Å². The number of hydrogen-bond donors (Lipinski definition) is 2. The van der Waals surface area contributed by atoms with Crippen molar-refractivity contribution in [1.29, 1.82) is 0 Å². The number of hydrogen-bond acceptors (Lipinski definition) is 5. The summed E-state index contributed by atoms with van der Waals surface area (Å²) in [6.45, 7) is 9.17. The van der Waals surface area contributed by atoms with Crippen LogP contribution in [0.15, 0.2) is 0 Å². The van der Waals surface area contributed by atoms with E-state index in [-0.39, 0.29) is 23.2 Å². The quantitative estimate of drug-likeness (QED) is 0.699. The first-order valence-corrected chi connectivity index (χ1v) is 8.76. The third kappa shape index (κ3) is 4.13. The molecule has 2 fully saturated rings. The summed E-state index contributed by atoms with van der Waals surface area (Å²) in [7, 11) is 0. The van der Waals surface area contributed by atoms with Crippen molar-refractivity contribution in [2.75, 3.05) is 19.8 Å². The van der Waals surface area contributed by atoms with Crippen LogP contribution in [0.4, 0.5) is 0 Å². The van der Waals surface area contributed by atoms with Crippen LogP contribution >= 0.6 is 0 Å². The molecule has 1 saturated carbocycles. The molecule has 1 aliphatic carbocycles. The fourth-order valence-corrected chi connectivity index (χ4v) is 3.53. The number of fused-ring (bicyclic) bond motifs is 2. The highest BCUT2D eigenvalue weighted by Crippen LogP contribution is 2.46. The monoisotopic (exact) mass is 328 g/mol. The van der Waals surface area contributed by atoms with E-state index in [1.807, 2.05) is 27.7 Å². The molecule has 2 aliphatic rings. The van der Waals surface area contributed by atoms with E-state index >= 15 is 0 Å². The first kappa shape index (κ1) is 18.8. The van der Waals surface area contributed by atoms with E-state index in [2.05, 4.69) is 0 Å². The summed E-state index contributed by atoms with van der Waals surface area (Å²) in [5.74, 6) is 0.243. The number of aliphatic hydroxyl groups excluding tert-OH is 2. The maximum Gasteiger partial charge on any atom is 0.138 e. The van der Waals surface area contributed by atoms with Crippen LogP contribution in [0.3, 0.4) is 0 Å². The van der Waals surface area contributed by atoms with E-state index < -0.39 is 17.6 Å². The van der Waals surface area contributed by atoms with Gasteiger partial charge in [-0.3, -0.25) is 4.79 Å². The Morgan fingerprint density at radius 2 is 2.00 bits per heavy atom. The van der Waals surface area contributed by atoms with E-state index in [9.17, 15) is 15.0 Å². The lowest BCUT2D eigenvalue weighted by atomic mass is 9.69. The Labute approximate surface area is 139 Å². The zero-order chi connectivity index (χ0) is 17.3. The van der Waals surface area contributed by atoms with Gasteiger partial charge in [-0.25, -0.2) is 0 Å². The average molecular weight is 328 g/mol. The molecular formula is C18H32O5. The lowest BCUT2D eigenvalue weighted by molar-refractivity contribution is -0.128. The van der Waals surface area contributed by atoms with E-state index in [1.54, 1.807) is 0 Å². The number of carbonyl (C=O) groups is 1. The summed E-state index contributed by atoms with van der Waals surface area (Å²) >= 11 is 0. The highest BCUT2D eigenvalue weighted by molar-refractivity contribution is 5.83. The number of aliphatic hydroxyl groups is 2. The Bertz CT molecular complexity index is 416. The molecule has 1 saturated heterocycles.